The number of aryl methyl sites for hydroxylation is 2. The van der Waals surface area contributed by atoms with Crippen LogP contribution < -0.4 is 15.5 Å². The molecular formula is C28H19Cl3N4O3S. The normalized spacial score (nSPS) is 13.3. The summed E-state index contributed by atoms with van der Waals surface area (Å²) in [7, 11) is 0. The first-order valence-electron chi connectivity index (χ1n) is 11.6. The Morgan fingerprint density at radius 3 is 2.26 bits per heavy atom. The summed E-state index contributed by atoms with van der Waals surface area (Å²) in [5, 5.41) is 8.65. The predicted octanol–water partition coefficient (Wildman–Crippen LogP) is 7.42. The van der Waals surface area contributed by atoms with Gasteiger partial charge in [-0.25, -0.2) is 9.88 Å². The molecule has 0 saturated carbocycles. The van der Waals surface area contributed by atoms with Crippen LogP contribution in [0.2, 0.25) is 10.0 Å². The van der Waals surface area contributed by atoms with Crippen molar-refractivity contribution in [2.45, 2.75) is 13.8 Å². The SMILES string of the molecule is Cc1cc(C)cc(N2C(=O)C(Cl)=C(Nc3ccc(C(=O)Nc4nc(-c5ccc(Cl)cc5Cl)cs4)cc3)C2=O)c1. The van der Waals surface area contributed by atoms with Crippen molar-refractivity contribution in [1.29, 1.82) is 0 Å². The van der Waals surface area contributed by atoms with Gasteiger partial charge in [0.25, 0.3) is 17.7 Å². The van der Waals surface area contributed by atoms with E-state index in [4.69, 9.17) is 34.8 Å². The number of nitrogens with zero attached hydrogens (tertiary/aromatic N) is 2. The molecule has 4 aromatic rings. The first-order chi connectivity index (χ1) is 18.6. The number of hydrogen-bond acceptors (Lipinski definition) is 6. The summed E-state index contributed by atoms with van der Waals surface area (Å²) in [6.45, 7) is 3.77. The van der Waals surface area contributed by atoms with E-state index in [9.17, 15) is 14.4 Å². The van der Waals surface area contributed by atoms with E-state index in [0.717, 1.165) is 16.0 Å². The maximum absolute atomic E-state index is 13.1. The summed E-state index contributed by atoms with van der Waals surface area (Å²) in [4.78, 5) is 44.1. The molecule has 196 valence electrons. The number of carbonyl (C=O) groups excluding carboxylic acids is 3. The fourth-order valence-electron chi connectivity index (χ4n) is 4.10. The molecule has 0 unspecified atom stereocenters. The maximum Gasteiger partial charge on any atom is 0.283 e. The topological polar surface area (TPSA) is 91.4 Å². The van der Waals surface area contributed by atoms with Crippen LogP contribution in [0.25, 0.3) is 11.3 Å². The van der Waals surface area contributed by atoms with Crippen molar-refractivity contribution in [3.63, 3.8) is 0 Å². The molecule has 3 amide bonds. The Balaban J connectivity index is 1.27. The number of amides is 3. The van der Waals surface area contributed by atoms with Crippen molar-refractivity contribution in [1.82, 2.24) is 4.98 Å². The fraction of sp³-hybridized carbons (Fsp3) is 0.0714. The van der Waals surface area contributed by atoms with E-state index in [2.05, 4.69) is 15.6 Å². The number of thiazole rings is 1. The zero-order valence-electron chi connectivity index (χ0n) is 20.5. The summed E-state index contributed by atoms with van der Waals surface area (Å²) in [6, 6.07) is 17.0. The van der Waals surface area contributed by atoms with E-state index in [1.165, 1.54) is 11.3 Å². The minimum Gasteiger partial charge on any atom is -0.350 e. The molecule has 1 aliphatic rings. The van der Waals surface area contributed by atoms with Gasteiger partial charge in [-0.3, -0.25) is 19.7 Å². The lowest BCUT2D eigenvalue weighted by Gasteiger charge is -2.16. The maximum atomic E-state index is 13.1. The van der Waals surface area contributed by atoms with E-state index < -0.39 is 11.8 Å². The molecule has 0 radical (unpaired) electrons. The van der Waals surface area contributed by atoms with Crippen LogP contribution in [0.5, 0.6) is 0 Å². The van der Waals surface area contributed by atoms with Crippen molar-refractivity contribution in [2.24, 2.45) is 0 Å². The number of aromatic nitrogens is 1. The molecule has 1 aromatic heterocycles. The van der Waals surface area contributed by atoms with Gasteiger partial charge in [0.2, 0.25) is 0 Å². The Bertz CT molecular complexity index is 1660. The molecule has 2 heterocycles. The zero-order chi connectivity index (χ0) is 27.8. The lowest BCUT2D eigenvalue weighted by molar-refractivity contribution is -0.120. The van der Waals surface area contributed by atoms with Gasteiger partial charge in [0.1, 0.15) is 10.7 Å². The number of hydrogen-bond donors (Lipinski definition) is 2. The van der Waals surface area contributed by atoms with Gasteiger partial charge < -0.3 is 5.32 Å². The first kappa shape index (κ1) is 26.9. The lowest BCUT2D eigenvalue weighted by Crippen LogP contribution is -2.32. The monoisotopic (exact) mass is 596 g/mol. The molecule has 11 heteroatoms. The predicted molar refractivity (Wildman–Crippen MR) is 157 cm³/mol. The Labute approximate surface area is 243 Å². The highest BCUT2D eigenvalue weighted by molar-refractivity contribution is 7.14. The van der Waals surface area contributed by atoms with Crippen LogP contribution in [0.1, 0.15) is 21.5 Å². The van der Waals surface area contributed by atoms with E-state index >= 15 is 0 Å². The standard InChI is InChI=1S/C28H19Cl3N4O3S/c1-14-9-15(2)11-19(10-14)35-26(37)23(31)24(27(35)38)32-18-6-3-16(4-7-18)25(36)34-28-33-22(13-39-28)20-8-5-17(29)12-21(20)30/h3-13,32H,1-2H3,(H,33,34,36). The second-order valence-corrected chi connectivity index (χ2v) is 10.9. The second-order valence-electron chi connectivity index (χ2n) is 8.80. The van der Waals surface area contributed by atoms with Crippen molar-refractivity contribution in [3.05, 3.63) is 104 Å². The van der Waals surface area contributed by atoms with E-state index in [-0.39, 0.29) is 16.6 Å². The average Bonchev–Trinajstić information content (AvgIpc) is 3.42. The van der Waals surface area contributed by atoms with E-state index in [0.29, 0.717) is 43.4 Å². The van der Waals surface area contributed by atoms with Crippen LogP contribution in [-0.4, -0.2) is 22.7 Å². The molecule has 1 aliphatic heterocycles. The molecule has 5 rings (SSSR count). The molecule has 0 saturated heterocycles. The van der Waals surface area contributed by atoms with Gasteiger partial charge in [-0.05, 0) is 79.6 Å². The summed E-state index contributed by atoms with van der Waals surface area (Å²) in [5.41, 5.74) is 4.43. The highest BCUT2D eigenvalue weighted by Gasteiger charge is 2.39. The van der Waals surface area contributed by atoms with Crippen molar-refractivity contribution >= 4 is 80.4 Å². The van der Waals surface area contributed by atoms with Gasteiger partial charge in [-0.15, -0.1) is 11.3 Å². The quantitative estimate of drug-likeness (QED) is 0.226. The molecule has 0 bridgehead atoms. The van der Waals surface area contributed by atoms with Gasteiger partial charge in [-0.1, -0.05) is 40.9 Å². The molecule has 7 nitrogen and oxygen atoms in total. The summed E-state index contributed by atoms with van der Waals surface area (Å²) >= 11 is 19.7. The summed E-state index contributed by atoms with van der Waals surface area (Å²) in [6.07, 6.45) is 0. The average molecular weight is 598 g/mol. The number of nitrogens with one attached hydrogen (secondary N) is 2. The smallest absolute Gasteiger partial charge is 0.283 e. The Morgan fingerprint density at radius 2 is 1.59 bits per heavy atom. The van der Waals surface area contributed by atoms with Crippen LogP contribution in [-0.2, 0) is 9.59 Å². The molecule has 0 atom stereocenters. The number of halogens is 3. The molecule has 2 N–H and O–H groups in total. The van der Waals surface area contributed by atoms with Gasteiger partial charge in [-0.2, -0.15) is 0 Å². The lowest BCUT2D eigenvalue weighted by atomic mass is 10.1. The Kier molecular flexibility index (Phi) is 7.46. The van der Waals surface area contributed by atoms with Crippen LogP contribution in [0, 0.1) is 13.8 Å². The fourth-order valence-corrected chi connectivity index (χ4v) is 5.52. The molecule has 3 aromatic carbocycles. The van der Waals surface area contributed by atoms with Gasteiger partial charge in [0.05, 0.1) is 16.4 Å². The third-order valence-electron chi connectivity index (χ3n) is 5.84. The molecular weight excluding hydrogens is 579 g/mol. The van der Waals surface area contributed by atoms with E-state index in [1.807, 2.05) is 19.9 Å². The Hall–Kier alpha value is -3.69. The number of carbonyl (C=O) groups is 3. The molecule has 0 fully saturated rings. The van der Waals surface area contributed by atoms with E-state index in [1.54, 1.807) is 60.0 Å². The zero-order valence-corrected chi connectivity index (χ0v) is 23.6. The molecule has 39 heavy (non-hydrogen) atoms. The van der Waals surface area contributed by atoms with Gasteiger partial charge in [0.15, 0.2) is 5.13 Å². The number of anilines is 3. The van der Waals surface area contributed by atoms with Crippen LogP contribution in [0.4, 0.5) is 16.5 Å². The second kappa shape index (κ2) is 10.8. The highest BCUT2D eigenvalue weighted by atomic mass is 35.5. The minimum absolute atomic E-state index is 0.0331. The Morgan fingerprint density at radius 1 is 0.897 bits per heavy atom. The largest absolute Gasteiger partial charge is 0.350 e. The van der Waals surface area contributed by atoms with Crippen LogP contribution in [0.3, 0.4) is 0 Å². The van der Waals surface area contributed by atoms with Crippen molar-refractivity contribution in [2.75, 3.05) is 15.5 Å². The third-order valence-corrected chi connectivity index (χ3v) is 7.50. The number of rotatable bonds is 6. The number of benzene rings is 3. The van der Waals surface area contributed by atoms with Crippen molar-refractivity contribution in [3.8, 4) is 11.3 Å². The summed E-state index contributed by atoms with van der Waals surface area (Å²) < 4.78 is 0. The third kappa shape index (κ3) is 5.55. The molecule has 0 spiro atoms. The number of imide groups is 1. The summed E-state index contributed by atoms with van der Waals surface area (Å²) in [5.74, 6) is -1.53. The van der Waals surface area contributed by atoms with Gasteiger partial charge >= 0.3 is 0 Å². The minimum atomic E-state index is -0.604. The first-order valence-corrected chi connectivity index (χ1v) is 13.6. The van der Waals surface area contributed by atoms with Crippen LogP contribution in [0.15, 0.2) is 76.8 Å². The highest BCUT2D eigenvalue weighted by Crippen LogP contribution is 2.33. The van der Waals surface area contributed by atoms with Gasteiger partial charge in [0, 0.05) is 27.2 Å². The van der Waals surface area contributed by atoms with Crippen molar-refractivity contribution < 1.29 is 14.4 Å². The van der Waals surface area contributed by atoms with Crippen LogP contribution >= 0.6 is 46.1 Å². The molecule has 0 aliphatic carbocycles.